The number of methoxy groups -OCH3 is 1. The van der Waals surface area contributed by atoms with Crippen LogP contribution in [-0.4, -0.2) is 51.4 Å². The lowest BCUT2D eigenvalue weighted by Gasteiger charge is -2.16. The summed E-state index contributed by atoms with van der Waals surface area (Å²) in [7, 11) is -2.17. The molecule has 0 aliphatic heterocycles. The molecule has 0 radical (unpaired) electrons. The lowest BCUT2D eigenvalue weighted by atomic mass is 10.0. The van der Waals surface area contributed by atoms with Gasteiger partial charge in [0.25, 0.3) is 0 Å². The Hall–Kier alpha value is -2.49. The van der Waals surface area contributed by atoms with E-state index in [0.717, 1.165) is 10.8 Å². The van der Waals surface area contributed by atoms with Gasteiger partial charge in [-0.25, -0.2) is 17.9 Å². The zero-order chi connectivity index (χ0) is 19.9. The van der Waals surface area contributed by atoms with Gasteiger partial charge in [-0.2, -0.15) is 0 Å². The number of carboxylic acid groups (broad SMARTS) is 1. The van der Waals surface area contributed by atoms with Gasteiger partial charge in [0.15, 0.2) is 6.04 Å². The number of carbonyl (C=O) groups is 2. The molecule has 0 aliphatic rings. The number of hydrogen-bond acceptors (Lipinski definition) is 5. The fraction of sp³-hybridized carbons (Fsp3) is 0.333. The summed E-state index contributed by atoms with van der Waals surface area (Å²) in [4.78, 5) is 23.6. The van der Waals surface area contributed by atoms with Gasteiger partial charge in [0.2, 0.25) is 15.9 Å². The summed E-state index contributed by atoms with van der Waals surface area (Å²) in [6.07, 6.45) is 0.294. The van der Waals surface area contributed by atoms with Crippen LogP contribution in [0.2, 0.25) is 0 Å². The van der Waals surface area contributed by atoms with Gasteiger partial charge in [-0.3, -0.25) is 4.79 Å². The van der Waals surface area contributed by atoms with Crippen molar-refractivity contribution >= 4 is 32.7 Å². The Labute approximate surface area is 157 Å². The van der Waals surface area contributed by atoms with Crippen molar-refractivity contribution < 1.29 is 27.9 Å². The summed E-state index contributed by atoms with van der Waals surface area (Å²) in [5.41, 5.74) is 0.400. The monoisotopic (exact) mass is 394 g/mol. The standard InChI is InChI=1S/C18H22N2O6S/c1-26-9-4-10-27(24,25)19-12-16(21)20-17(18(22)23)15-8-7-13-5-2-3-6-14(13)11-15/h2-3,5-8,11,17,19H,4,9-10,12H2,1H3,(H,20,21)(H,22,23). The molecular weight excluding hydrogens is 372 g/mol. The third-order valence-electron chi connectivity index (χ3n) is 3.87. The normalized spacial score (nSPS) is 12.6. The van der Waals surface area contributed by atoms with Gasteiger partial charge in [-0.05, 0) is 28.8 Å². The van der Waals surface area contributed by atoms with Crippen LogP contribution >= 0.6 is 0 Å². The van der Waals surface area contributed by atoms with E-state index >= 15 is 0 Å². The highest BCUT2D eigenvalue weighted by molar-refractivity contribution is 7.89. The fourth-order valence-electron chi connectivity index (χ4n) is 2.53. The van der Waals surface area contributed by atoms with Crippen LogP contribution in [0.1, 0.15) is 18.0 Å². The number of sulfonamides is 1. The molecule has 0 aromatic heterocycles. The molecule has 1 unspecified atom stereocenters. The molecule has 146 valence electrons. The first kappa shape index (κ1) is 20.8. The third kappa shape index (κ3) is 6.31. The van der Waals surface area contributed by atoms with E-state index in [1.807, 2.05) is 24.3 Å². The number of amides is 1. The zero-order valence-corrected chi connectivity index (χ0v) is 15.7. The molecule has 0 saturated heterocycles. The lowest BCUT2D eigenvalue weighted by molar-refractivity contribution is -0.141. The van der Waals surface area contributed by atoms with Gasteiger partial charge < -0.3 is 15.2 Å². The van der Waals surface area contributed by atoms with Gasteiger partial charge >= 0.3 is 5.97 Å². The Morgan fingerprint density at radius 2 is 1.85 bits per heavy atom. The summed E-state index contributed by atoms with van der Waals surface area (Å²) in [5.74, 6) is -2.14. The maximum atomic E-state index is 12.0. The predicted octanol–water partition coefficient (Wildman–Crippen LogP) is 1.04. The number of hydrogen-bond donors (Lipinski definition) is 3. The van der Waals surface area contributed by atoms with Crippen LogP contribution in [0.4, 0.5) is 0 Å². The Morgan fingerprint density at radius 3 is 2.52 bits per heavy atom. The lowest BCUT2D eigenvalue weighted by Crippen LogP contribution is -2.41. The molecule has 0 bridgehead atoms. The van der Waals surface area contributed by atoms with Gasteiger partial charge in [0.1, 0.15) is 0 Å². The maximum absolute atomic E-state index is 12.0. The van der Waals surface area contributed by atoms with Crippen LogP contribution in [0.5, 0.6) is 0 Å². The van der Waals surface area contributed by atoms with Crippen molar-refractivity contribution in [3.63, 3.8) is 0 Å². The Balaban J connectivity index is 2.02. The fourth-order valence-corrected chi connectivity index (χ4v) is 3.52. The van der Waals surface area contributed by atoms with Crippen LogP contribution in [0.25, 0.3) is 10.8 Å². The van der Waals surface area contributed by atoms with Crippen molar-refractivity contribution in [2.45, 2.75) is 12.5 Å². The highest BCUT2D eigenvalue weighted by Crippen LogP contribution is 2.20. The average molecular weight is 394 g/mol. The van der Waals surface area contributed by atoms with Crippen molar-refractivity contribution in [1.29, 1.82) is 0 Å². The van der Waals surface area contributed by atoms with Crippen LogP contribution in [0.15, 0.2) is 42.5 Å². The molecule has 9 heteroatoms. The maximum Gasteiger partial charge on any atom is 0.330 e. The van der Waals surface area contributed by atoms with Gasteiger partial charge in [0, 0.05) is 13.7 Å². The Kier molecular flexibility index (Phi) is 7.28. The minimum Gasteiger partial charge on any atom is -0.479 e. The molecule has 2 aromatic carbocycles. The van der Waals surface area contributed by atoms with Crippen LogP contribution < -0.4 is 10.0 Å². The molecule has 0 fully saturated rings. The SMILES string of the molecule is COCCCS(=O)(=O)NCC(=O)NC(C(=O)O)c1ccc2ccccc2c1. The number of carboxylic acids is 1. The molecule has 0 saturated carbocycles. The molecule has 1 amide bonds. The van der Waals surface area contributed by atoms with E-state index in [4.69, 9.17) is 4.74 Å². The number of rotatable bonds is 10. The highest BCUT2D eigenvalue weighted by atomic mass is 32.2. The second-order valence-electron chi connectivity index (χ2n) is 5.93. The largest absolute Gasteiger partial charge is 0.479 e. The van der Waals surface area contributed by atoms with Crippen LogP contribution in [0.3, 0.4) is 0 Å². The number of fused-ring (bicyclic) bond motifs is 1. The van der Waals surface area contributed by atoms with E-state index in [-0.39, 0.29) is 12.4 Å². The molecule has 3 N–H and O–H groups in total. The smallest absolute Gasteiger partial charge is 0.330 e. The van der Waals surface area contributed by atoms with Crippen molar-refractivity contribution in [1.82, 2.24) is 10.0 Å². The average Bonchev–Trinajstić information content (AvgIpc) is 2.64. The highest BCUT2D eigenvalue weighted by Gasteiger charge is 2.23. The van der Waals surface area contributed by atoms with Crippen LogP contribution in [0, 0.1) is 0 Å². The van der Waals surface area contributed by atoms with Crippen molar-refractivity contribution in [3.05, 3.63) is 48.0 Å². The first-order chi connectivity index (χ1) is 12.8. The first-order valence-electron chi connectivity index (χ1n) is 8.29. The van der Waals surface area contributed by atoms with Crippen molar-refractivity contribution in [2.24, 2.45) is 0 Å². The first-order valence-corrected chi connectivity index (χ1v) is 9.95. The van der Waals surface area contributed by atoms with Crippen LogP contribution in [-0.2, 0) is 24.3 Å². The minimum atomic E-state index is -3.64. The van der Waals surface area contributed by atoms with E-state index in [1.54, 1.807) is 18.2 Å². The predicted molar refractivity (Wildman–Crippen MR) is 101 cm³/mol. The zero-order valence-electron chi connectivity index (χ0n) is 14.8. The second kappa shape index (κ2) is 9.45. The van der Waals surface area contributed by atoms with E-state index in [2.05, 4.69) is 10.0 Å². The minimum absolute atomic E-state index is 0.179. The number of ether oxygens (including phenoxy) is 1. The molecule has 0 aliphatic carbocycles. The molecular formula is C18H22N2O6S. The summed E-state index contributed by atoms with van der Waals surface area (Å²) in [5, 5.41) is 13.6. The second-order valence-corrected chi connectivity index (χ2v) is 7.86. The molecule has 0 spiro atoms. The number of nitrogens with one attached hydrogen (secondary N) is 2. The third-order valence-corrected chi connectivity index (χ3v) is 5.28. The number of carbonyl (C=O) groups excluding carboxylic acids is 1. The Bertz CT molecular complexity index is 913. The topological polar surface area (TPSA) is 122 Å². The summed E-state index contributed by atoms with van der Waals surface area (Å²) in [6.45, 7) is -0.247. The van der Waals surface area contributed by atoms with E-state index in [1.165, 1.54) is 7.11 Å². The van der Waals surface area contributed by atoms with Gasteiger partial charge in [-0.1, -0.05) is 36.4 Å². The number of benzene rings is 2. The molecule has 27 heavy (non-hydrogen) atoms. The Morgan fingerprint density at radius 1 is 1.15 bits per heavy atom. The summed E-state index contributed by atoms with van der Waals surface area (Å²) >= 11 is 0. The van der Waals surface area contributed by atoms with Gasteiger partial charge in [-0.15, -0.1) is 0 Å². The molecule has 2 rings (SSSR count). The number of aliphatic carboxylic acids is 1. The van der Waals surface area contributed by atoms with E-state index < -0.39 is 34.5 Å². The van der Waals surface area contributed by atoms with E-state index in [9.17, 15) is 23.1 Å². The quantitative estimate of drug-likeness (QED) is 0.518. The van der Waals surface area contributed by atoms with Crippen molar-refractivity contribution in [3.8, 4) is 0 Å². The molecule has 0 heterocycles. The molecule has 1 atom stereocenters. The molecule has 8 nitrogen and oxygen atoms in total. The molecule has 2 aromatic rings. The summed E-state index contributed by atoms with van der Waals surface area (Å²) in [6, 6.07) is 11.2. The van der Waals surface area contributed by atoms with E-state index in [0.29, 0.717) is 12.0 Å². The van der Waals surface area contributed by atoms with Crippen molar-refractivity contribution in [2.75, 3.05) is 26.0 Å². The van der Waals surface area contributed by atoms with Gasteiger partial charge in [0.05, 0.1) is 12.3 Å². The summed E-state index contributed by atoms with van der Waals surface area (Å²) < 4.78 is 30.5.